The van der Waals surface area contributed by atoms with Gasteiger partial charge in [0.2, 0.25) is 0 Å². The van der Waals surface area contributed by atoms with Crippen LogP contribution < -0.4 is 0 Å². The van der Waals surface area contributed by atoms with Crippen LogP contribution in [0.15, 0.2) is 72.3 Å². The quantitative estimate of drug-likeness (QED) is 0.0190. The molecule has 0 saturated heterocycles. The molecule has 2 heteroatoms. The number of nitrogens with zero attached hydrogens (tertiary/aromatic N) is 2. The smallest absolute Gasteiger partial charge is 0.303 e. The molecule has 2 aromatic carbocycles. The van der Waals surface area contributed by atoms with Crippen molar-refractivity contribution in [2.45, 2.75) is 194 Å². The Bertz CT molecular complexity index is 1270. The first-order valence-electron chi connectivity index (χ1n) is 21.2. The predicted octanol–water partition coefficient (Wildman–Crippen LogP) is 15.4. The molecule has 2 rings (SSSR count). The summed E-state index contributed by atoms with van der Waals surface area (Å²) in [6, 6.07) is 17.9. The van der Waals surface area contributed by atoms with Crippen LogP contribution >= 0.6 is 0 Å². The second kappa shape index (κ2) is 30.9. The van der Waals surface area contributed by atoms with Gasteiger partial charge in [0.25, 0.3) is 0 Å². The molecule has 0 fully saturated rings. The van der Waals surface area contributed by atoms with Crippen molar-refractivity contribution in [1.82, 2.24) is 0 Å². The molecule has 0 saturated carbocycles. The zero-order valence-electron chi connectivity index (χ0n) is 32.8. The Morgan fingerprint density at radius 1 is 0.580 bits per heavy atom. The average Bonchev–Trinajstić information content (AvgIpc) is 3.14. The predicted molar refractivity (Wildman–Crippen MR) is 221 cm³/mol. The second-order valence-corrected chi connectivity index (χ2v) is 14.7. The van der Waals surface area contributed by atoms with Crippen LogP contribution in [-0.4, -0.2) is 10.7 Å². The zero-order valence-corrected chi connectivity index (χ0v) is 32.8. The Morgan fingerprint density at radius 3 is 1.74 bits per heavy atom. The van der Waals surface area contributed by atoms with Gasteiger partial charge >= 0.3 is 5.87 Å². The topological polar surface area (TPSA) is 36.4 Å². The van der Waals surface area contributed by atoms with Gasteiger partial charge in [-0.15, -0.1) is 4.79 Å². The van der Waals surface area contributed by atoms with Gasteiger partial charge in [0.05, 0.1) is 5.57 Å². The number of allylic oxidation sites excluding steroid dienone is 4. The molecule has 0 amide bonds. The van der Waals surface area contributed by atoms with E-state index in [4.69, 9.17) is 0 Å². The van der Waals surface area contributed by atoms with Gasteiger partial charge in [-0.1, -0.05) is 203 Å². The number of unbranched alkanes of at least 4 members (excludes halogenated alkanes) is 20. The van der Waals surface area contributed by atoms with Gasteiger partial charge in [-0.2, -0.15) is 0 Å². The lowest BCUT2D eigenvalue weighted by Crippen LogP contribution is -1.98. The Balaban J connectivity index is 1.74. The molecule has 0 aliphatic carbocycles. The second-order valence-electron chi connectivity index (χ2n) is 14.7. The molecule has 0 spiro atoms. The van der Waals surface area contributed by atoms with E-state index in [0.29, 0.717) is 0 Å². The fraction of sp³-hybridized carbons (Fsp3) is 0.625. The highest BCUT2D eigenvalue weighted by atomic mass is 14.8. The lowest BCUT2D eigenvalue weighted by atomic mass is 9.89. The number of benzene rings is 2. The molecular formula is C48H74N2. The maximum atomic E-state index is 9.38. The first kappa shape index (κ1) is 43.2. The van der Waals surface area contributed by atoms with Crippen LogP contribution in [0.4, 0.5) is 0 Å². The third-order valence-corrected chi connectivity index (χ3v) is 10.1. The Morgan fingerprint density at radius 2 is 1.14 bits per heavy atom. The molecular weight excluding hydrogens is 605 g/mol. The minimum atomic E-state index is 0.851. The van der Waals surface area contributed by atoms with Crippen molar-refractivity contribution < 1.29 is 4.79 Å². The SMILES string of the molecule is CCCCCCCCCCCCCCCCCCCCC=CCCc1ccccc1C(=CC(=C=[N+]=[N-])CCCC)c1cccc(CCCC)c1. The van der Waals surface area contributed by atoms with Gasteiger partial charge in [-0.05, 0) is 85.3 Å². The van der Waals surface area contributed by atoms with Gasteiger partial charge in [0.1, 0.15) is 0 Å². The van der Waals surface area contributed by atoms with E-state index in [9.17, 15) is 5.53 Å². The first-order valence-corrected chi connectivity index (χ1v) is 21.2. The van der Waals surface area contributed by atoms with E-state index in [1.807, 2.05) is 0 Å². The monoisotopic (exact) mass is 679 g/mol. The largest absolute Gasteiger partial charge is 0.348 e. The van der Waals surface area contributed by atoms with Crippen LogP contribution in [-0.2, 0) is 12.8 Å². The van der Waals surface area contributed by atoms with Crippen LogP contribution in [0.3, 0.4) is 0 Å². The van der Waals surface area contributed by atoms with E-state index in [1.165, 1.54) is 163 Å². The normalized spacial score (nSPS) is 11.6. The van der Waals surface area contributed by atoms with Crippen molar-refractivity contribution in [3.05, 3.63) is 100 Å². The van der Waals surface area contributed by atoms with Crippen LogP contribution in [0.25, 0.3) is 11.1 Å². The molecule has 0 heterocycles. The van der Waals surface area contributed by atoms with E-state index >= 15 is 0 Å². The summed E-state index contributed by atoms with van der Waals surface area (Å²) in [5.74, 6) is 2.88. The van der Waals surface area contributed by atoms with Crippen molar-refractivity contribution in [3.8, 4) is 0 Å². The minimum Gasteiger partial charge on any atom is -0.348 e. The van der Waals surface area contributed by atoms with E-state index in [1.54, 1.807) is 0 Å². The Labute approximate surface area is 309 Å². The molecule has 0 unspecified atom stereocenters. The molecule has 2 aromatic rings. The molecule has 0 aromatic heterocycles. The molecule has 0 atom stereocenters. The third-order valence-electron chi connectivity index (χ3n) is 10.1. The highest BCUT2D eigenvalue weighted by Gasteiger charge is 2.13. The molecule has 0 aliphatic heterocycles. The number of aryl methyl sites for hydroxylation is 2. The van der Waals surface area contributed by atoms with Crippen molar-refractivity contribution >= 4 is 11.4 Å². The van der Waals surface area contributed by atoms with E-state index in [-0.39, 0.29) is 0 Å². The fourth-order valence-electron chi connectivity index (χ4n) is 7.00. The standard InChI is InChI=1S/C48H74N2/c1-4-7-10-11-12-13-14-15-16-17-18-19-20-21-22-23-24-25-26-27-28-29-36-45-37-30-31-39-47(45)48(41-44(42-50-49)34-9-6-3)46-38-32-35-43(40-46)33-8-5-2/h27-28,30-32,35,37-41H,4-26,29,33-34,36H2,1-3H3. The van der Waals surface area contributed by atoms with E-state index in [0.717, 1.165) is 44.1 Å². The van der Waals surface area contributed by atoms with Crippen molar-refractivity contribution in [2.24, 2.45) is 0 Å². The number of rotatable bonds is 31. The first-order chi connectivity index (χ1) is 24.7. The Hall–Kier alpha value is -2.92. The summed E-state index contributed by atoms with van der Waals surface area (Å²) in [7, 11) is 0. The van der Waals surface area contributed by atoms with Crippen LogP contribution in [0, 0.1) is 0 Å². The molecule has 50 heavy (non-hydrogen) atoms. The van der Waals surface area contributed by atoms with Gasteiger partial charge < -0.3 is 5.53 Å². The number of hydrogen-bond donors (Lipinski definition) is 0. The van der Waals surface area contributed by atoms with Crippen LogP contribution in [0.1, 0.15) is 204 Å². The molecule has 0 radical (unpaired) electrons. The molecule has 276 valence electrons. The summed E-state index contributed by atoms with van der Waals surface area (Å²) in [6.07, 6.45) is 42.4. The molecule has 0 aliphatic rings. The van der Waals surface area contributed by atoms with Gasteiger partial charge in [0, 0.05) is 0 Å². The van der Waals surface area contributed by atoms with Gasteiger partial charge in [-0.25, -0.2) is 0 Å². The van der Waals surface area contributed by atoms with Crippen LogP contribution in [0.2, 0.25) is 0 Å². The van der Waals surface area contributed by atoms with E-state index in [2.05, 4.69) is 98.2 Å². The van der Waals surface area contributed by atoms with Gasteiger partial charge in [0.15, 0.2) is 0 Å². The summed E-state index contributed by atoms with van der Waals surface area (Å²) in [5, 5.41) is 0. The average molecular weight is 679 g/mol. The fourth-order valence-corrected chi connectivity index (χ4v) is 7.00. The maximum absolute atomic E-state index is 9.38. The summed E-state index contributed by atoms with van der Waals surface area (Å²) in [6.45, 7) is 6.75. The lowest BCUT2D eigenvalue weighted by Gasteiger charge is -2.15. The highest BCUT2D eigenvalue weighted by molar-refractivity contribution is 5.85. The Kier molecular flexibility index (Phi) is 26.7. The zero-order chi connectivity index (χ0) is 35.7. The molecule has 2 nitrogen and oxygen atoms in total. The van der Waals surface area contributed by atoms with Gasteiger partial charge in [-0.3, -0.25) is 0 Å². The van der Waals surface area contributed by atoms with Crippen LogP contribution in [0.5, 0.6) is 0 Å². The van der Waals surface area contributed by atoms with Crippen molar-refractivity contribution in [3.63, 3.8) is 0 Å². The minimum absolute atomic E-state index is 0.851. The summed E-state index contributed by atoms with van der Waals surface area (Å²) in [4.78, 5) is 3.31. The molecule has 0 N–H and O–H groups in total. The highest BCUT2D eigenvalue weighted by Crippen LogP contribution is 2.30. The summed E-state index contributed by atoms with van der Waals surface area (Å²) in [5.41, 5.74) is 16.8. The summed E-state index contributed by atoms with van der Waals surface area (Å²) < 4.78 is 0. The van der Waals surface area contributed by atoms with Crippen molar-refractivity contribution in [2.75, 3.05) is 0 Å². The number of hydrogen-bond acceptors (Lipinski definition) is 0. The third kappa shape index (κ3) is 20.7. The lowest BCUT2D eigenvalue weighted by molar-refractivity contribution is 0.00746. The maximum Gasteiger partial charge on any atom is 0.303 e. The summed E-state index contributed by atoms with van der Waals surface area (Å²) >= 11 is 0. The molecule has 0 bridgehead atoms. The van der Waals surface area contributed by atoms with E-state index < -0.39 is 0 Å². The van der Waals surface area contributed by atoms with Crippen molar-refractivity contribution in [1.29, 1.82) is 0 Å².